The van der Waals surface area contributed by atoms with Gasteiger partial charge in [-0.15, -0.1) is 10.2 Å². The van der Waals surface area contributed by atoms with E-state index in [1.807, 2.05) is 37.3 Å². The first-order valence-electron chi connectivity index (χ1n) is 9.03. The predicted molar refractivity (Wildman–Crippen MR) is 112 cm³/mol. The van der Waals surface area contributed by atoms with Crippen LogP contribution in [0.4, 0.5) is 11.4 Å². The number of nitro benzene ring substituents is 1. The van der Waals surface area contributed by atoms with Gasteiger partial charge >= 0.3 is 0 Å². The monoisotopic (exact) mass is 400 g/mol. The summed E-state index contributed by atoms with van der Waals surface area (Å²) in [5.41, 5.74) is 3.53. The van der Waals surface area contributed by atoms with Crippen LogP contribution in [0.25, 0.3) is 23.0 Å². The lowest BCUT2D eigenvalue weighted by atomic mass is 10.1. The summed E-state index contributed by atoms with van der Waals surface area (Å²) < 4.78 is 1.66. The van der Waals surface area contributed by atoms with E-state index >= 15 is 0 Å². The Balaban J connectivity index is 1.48. The number of fused-ring (bicyclic) bond motifs is 1. The number of amides is 1. The zero-order valence-corrected chi connectivity index (χ0v) is 15.9. The number of carbonyl (C=O) groups is 1. The molecule has 4 rings (SSSR count). The third-order valence-corrected chi connectivity index (χ3v) is 4.38. The molecule has 0 saturated heterocycles. The molecule has 2 aromatic carbocycles. The van der Waals surface area contributed by atoms with Gasteiger partial charge in [-0.3, -0.25) is 14.9 Å². The van der Waals surface area contributed by atoms with Crippen LogP contribution in [-0.2, 0) is 4.79 Å². The van der Waals surface area contributed by atoms with Gasteiger partial charge in [0.1, 0.15) is 0 Å². The second kappa shape index (κ2) is 7.92. The molecule has 0 radical (unpaired) electrons. The van der Waals surface area contributed by atoms with Crippen molar-refractivity contribution in [1.82, 2.24) is 19.8 Å². The summed E-state index contributed by atoms with van der Waals surface area (Å²) in [4.78, 5) is 22.5. The van der Waals surface area contributed by atoms with Crippen LogP contribution in [0.15, 0.2) is 66.7 Å². The standard InChI is InChI=1S/C21H16N6O3/c1-14-23-24-20-11-10-19(25-26(14)20)16-3-2-4-17(13-16)22-21(28)12-7-15-5-8-18(9-6-15)27(29)30/h2-13H,1H3,(H,22,28)/b12-7+. The number of rotatable bonds is 5. The van der Waals surface area contributed by atoms with Gasteiger partial charge in [-0.25, -0.2) is 0 Å². The number of benzene rings is 2. The molecule has 0 bridgehead atoms. The molecule has 0 aliphatic heterocycles. The van der Waals surface area contributed by atoms with Crippen molar-refractivity contribution in [2.45, 2.75) is 6.92 Å². The molecule has 0 atom stereocenters. The highest BCUT2D eigenvalue weighted by atomic mass is 16.6. The van der Waals surface area contributed by atoms with E-state index < -0.39 is 4.92 Å². The van der Waals surface area contributed by atoms with Crippen LogP contribution in [0.5, 0.6) is 0 Å². The van der Waals surface area contributed by atoms with Gasteiger partial charge in [-0.05, 0) is 55.0 Å². The second-order valence-electron chi connectivity index (χ2n) is 6.49. The quantitative estimate of drug-likeness (QED) is 0.310. The van der Waals surface area contributed by atoms with Crippen LogP contribution in [0.2, 0.25) is 0 Å². The number of carbonyl (C=O) groups excluding carboxylic acids is 1. The lowest BCUT2D eigenvalue weighted by molar-refractivity contribution is -0.384. The molecule has 1 N–H and O–H groups in total. The van der Waals surface area contributed by atoms with Crippen molar-refractivity contribution in [3.63, 3.8) is 0 Å². The normalized spacial score (nSPS) is 11.1. The summed E-state index contributed by atoms with van der Waals surface area (Å²) in [6, 6.07) is 17.0. The molecule has 1 amide bonds. The first-order valence-corrected chi connectivity index (χ1v) is 9.03. The zero-order chi connectivity index (χ0) is 21.1. The highest BCUT2D eigenvalue weighted by Crippen LogP contribution is 2.21. The summed E-state index contributed by atoms with van der Waals surface area (Å²) in [5.74, 6) is 0.372. The van der Waals surface area contributed by atoms with Crippen LogP contribution in [0, 0.1) is 17.0 Å². The van der Waals surface area contributed by atoms with E-state index in [1.165, 1.54) is 18.2 Å². The van der Waals surface area contributed by atoms with Crippen molar-refractivity contribution in [1.29, 1.82) is 0 Å². The van der Waals surface area contributed by atoms with Gasteiger partial charge in [0.2, 0.25) is 5.91 Å². The number of nitrogens with zero attached hydrogens (tertiary/aromatic N) is 5. The van der Waals surface area contributed by atoms with Gasteiger partial charge in [0.15, 0.2) is 11.5 Å². The molecule has 4 aromatic rings. The van der Waals surface area contributed by atoms with E-state index in [4.69, 9.17) is 0 Å². The van der Waals surface area contributed by atoms with Gasteiger partial charge in [-0.2, -0.15) is 9.61 Å². The molecule has 0 unspecified atom stereocenters. The molecule has 0 saturated carbocycles. The van der Waals surface area contributed by atoms with Crippen molar-refractivity contribution in [2.24, 2.45) is 0 Å². The number of nitrogens with one attached hydrogen (secondary N) is 1. The Labute approximate surface area is 170 Å². The van der Waals surface area contributed by atoms with Crippen LogP contribution >= 0.6 is 0 Å². The maximum atomic E-state index is 12.3. The molecular formula is C21H16N6O3. The zero-order valence-electron chi connectivity index (χ0n) is 15.9. The molecule has 9 nitrogen and oxygen atoms in total. The van der Waals surface area contributed by atoms with E-state index in [0.29, 0.717) is 22.7 Å². The van der Waals surface area contributed by atoms with Crippen LogP contribution in [0.1, 0.15) is 11.4 Å². The number of non-ortho nitro benzene ring substituents is 1. The van der Waals surface area contributed by atoms with E-state index in [-0.39, 0.29) is 11.6 Å². The number of nitro groups is 1. The van der Waals surface area contributed by atoms with Gasteiger partial charge in [0.05, 0.1) is 10.6 Å². The number of hydrogen-bond acceptors (Lipinski definition) is 6. The third-order valence-electron chi connectivity index (χ3n) is 4.38. The van der Waals surface area contributed by atoms with Crippen molar-refractivity contribution in [2.75, 3.05) is 5.32 Å². The maximum absolute atomic E-state index is 12.3. The smallest absolute Gasteiger partial charge is 0.269 e. The summed E-state index contributed by atoms with van der Waals surface area (Å²) in [7, 11) is 0. The van der Waals surface area contributed by atoms with E-state index in [0.717, 1.165) is 11.3 Å². The minimum absolute atomic E-state index is 0.00174. The topological polar surface area (TPSA) is 115 Å². The van der Waals surface area contributed by atoms with Crippen LogP contribution in [0.3, 0.4) is 0 Å². The number of aryl methyl sites for hydroxylation is 1. The molecule has 2 aromatic heterocycles. The first-order chi connectivity index (χ1) is 14.5. The largest absolute Gasteiger partial charge is 0.322 e. The molecule has 0 spiro atoms. The van der Waals surface area contributed by atoms with Gasteiger partial charge in [-0.1, -0.05) is 12.1 Å². The van der Waals surface area contributed by atoms with Crippen LogP contribution < -0.4 is 5.32 Å². The fourth-order valence-corrected chi connectivity index (χ4v) is 2.87. The number of anilines is 1. The van der Waals surface area contributed by atoms with Crippen molar-refractivity contribution >= 4 is 29.0 Å². The summed E-state index contributed by atoms with van der Waals surface area (Å²) in [6.45, 7) is 1.82. The molecule has 0 aliphatic rings. The molecule has 30 heavy (non-hydrogen) atoms. The number of hydrogen-bond donors (Lipinski definition) is 1. The average Bonchev–Trinajstić information content (AvgIpc) is 3.13. The predicted octanol–water partition coefficient (Wildman–Crippen LogP) is 3.66. The molecule has 148 valence electrons. The Morgan fingerprint density at radius 2 is 1.90 bits per heavy atom. The van der Waals surface area contributed by atoms with E-state index in [1.54, 1.807) is 28.8 Å². The first kappa shape index (κ1) is 18.9. The SMILES string of the molecule is Cc1nnc2ccc(-c3cccc(NC(=O)/C=C/c4ccc([N+](=O)[O-])cc4)c3)nn12. The summed E-state index contributed by atoms with van der Waals surface area (Å²) in [6.07, 6.45) is 2.96. The minimum Gasteiger partial charge on any atom is -0.322 e. The van der Waals surface area contributed by atoms with Crippen molar-refractivity contribution in [3.8, 4) is 11.3 Å². The Kier molecular flexibility index (Phi) is 5.00. The van der Waals surface area contributed by atoms with E-state index in [2.05, 4.69) is 20.6 Å². The molecule has 0 aliphatic carbocycles. The van der Waals surface area contributed by atoms with E-state index in [9.17, 15) is 14.9 Å². The average molecular weight is 400 g/mol. The summed E-state index contributed by atoms with van der Waals surface area (Å²) in [5, 5.41) is 26.1. The maximum Gasteiger partial charge on any atom is 0.269 e. The second-order valence-corrected chi connectivity index (χ2v) is 6.49. The Bertz CT molecular complexity index is 1280. The van der Waals surface area contributed by atoms with Gasteiger partial charge in [0.25, 0.3) is 5.69 Å². The fourth-order valence-electron chi connectivity index (χ4n) is 2.87. The molecule has 0 fully saturated rings. The highest BCUT2D eigenvalue weighted by Gasteiger charge is 2.07. The molecule has 9 heteroatoms. The lowest BCUT2D eigenvalue weighted by Gasteiger charge is -2.06. The highest BCUT2D eigenvalue weighted by molar-refractivity contribution is 6.02. The minimum atomic E-state index is -0.468. The van der Waals surface area contributed by atoms with Gasteiger partial charge in [0, 0.05) is 29.5 Å². The van der Waals surface area contributed by atoms with Gasteiger partial charge < -0.3 is 5.32 Å². The fraction of sp³-hybridized carbons (Fsp3) is 0.0476. The summed E-state index contributed by atoms with van der Waals surface area (Å²) >= 11 is 0. The number of aromatic nitrogens is 4. The van der Waals surface area contributed by atoms with Crippen molar-refractivity contribution in [3.05, 3.63) is 88.2 Å². The van der Waals surface area contributed by atoms with Crippen molar-refractivity contribution < 1.29 is 9.72 Å². The lowest BCUT2D eigenvalue weighted by Crippen LogP contribution is -2.07. The van der Waals surface area contributed by atoms with Crippen LogP contribution in [-0.4, -0.2) is 30.6 Å². The Hall–Kier alpha value is -4.40. The molecule has 2 heterocycles. The Morgan fingerprint density at radius 3 is 2.67 bits per heavy atom. The molecular weight excluding hydrogens is 384 g/mol. The Morgan fingerprint density at radius 1 is 1.10 bits per heavy atom. The third kappa shape index (κ3) is 4.04.